The zero-order valence-electron chi connectivity index (χ0n) is 17.7. The largest absolute Gasteiger partial charge is 0.356 e. The van der Waals surface area contributed by atoms with E-state index in [1.54, 1.807) is 22.8 Å². The predicted octanol–water partition coefficient (Wildman–Crippen LogP) is 1.77. The fraction of sp³-hybridized carbons (Fsp3) is 0.737. The lowest BCUT2D eigenvalue weighted by Gasteiger charge is -2.35. The molecule has 0 unspecified atom stereocenters. The van der Waals surface area contributed by atoms with E-state index in [1.165, 1.54) is 12.8 Å². The van der Waals surface area contributed by atoms with Crippen molar-refractivity contribution in [2.45, 2.75) is 33.1 Å². The second-order valence-electron chi connectivity index (χ2n) is 7.01. The van der Waals surface area contributed by atoms with Crippen molar-refractivity contribution in [2.24, 2.45) is 12.0 Å². The molecule has 0 aromatic carbocycles. The summed E-state index contributed by atoms with van der Waals surface area (Å²) in [6.07, 6.45) is 7.07. The Morgan fingerprint density at radius 1 is 1.25 bits per heavy atom. The second-order valence-corrected chi connectivity index (χ2v) is 7.01. The van der Waals surface area contributed by atoms with Crippen LogP contribution < -0.4 is 10.2 Å². The van der Waals surface area contributed by atoms with Crippen LogP contribution in [0.3, 0.4) is 0 Å². The number of piperazine rings is 1. The minimum atomic E-state index is 0. The Balaban J connectivity index is 0.00000392. The standard InChI is InChI=1S/C19H35N7O.HI/c1-5-9-24(10-6-2)11-7-8-21-19(20-3)25-12-13-26(18(27)16-25)17-14-22-23(4)15-17;/h14-15H,5-13,16H2,1-4H3,(H,20,21);1H. The van der Waals surface area contributed by atoms with Gasteiger partial charge in [0.2, 0.25) is 5.91 Å². The number of hydrogen-bond acceptors (Lipinski definition) is 4. The van der Waals surface area contributed by atoms with Gasteiger partial charge in [-0.25, -0.2) is 0 Å². The van der Waals surface area contributed by atoms with E-state index in [1.807, 2.05) is 18.1 Å². The first-order chi connectivity index (χ1) is 13.1. The molecule has 8 nitrogen and oxygen atoms in total. The third-order valence-corrected chi connectivity index (χ3v) is 4.75. The van der Waals surface area contributed by atoms with Gasteiger partial charge >= 0.3 is 0 Å². The van der Waals surface area contributed by atoms with Crippen LogP contribution in [0.1, 0.15) is 33.1 Å². The number of nitrogens with zero attached hydrogens (tertiary/aromatic N) is 6. The Hall–Kier alpha value is -1.36. The van der Waals surface area contributed by atoms with Gasteiger partial charge in [0.15, 0.2) is 5.96 Å². The number of carbonyl (C=O) groups is 1. The fourth-order valence-electron chi connectivity index (χ4n) is 3.48. The summed E-state index contributed by atoms with van der Waals surface area (Å²) in [7, 11) is 3.64. The molecule has 0 atom stereocenters. The molecule has 0 radical (unpaired) electrons. The van der Waals surface area contributed by atoms with Gasteiger partial charge in [-0.1, -0.05) is 13.8 Å². The maximum Gasteiger partial charge on any atom is 0.246 e. The van der Waals surface area contributed by atoms with Crippen molar-refractivity contribution in [3.63, 3.8) is 0 Å². The molecule has 28 heavy (non-hydrogen) atoms. The number of aliphatic imine (C=N–C) groups is 1. The van der Waals surface area contributed by atoms with Gasteiger partial charge in [-0.2, -0.15) is 5.10 Å². The van der Waals surface area contributed by atoms with E-state index in [0.29, 0.717) is 13.1 Å². The molecule has 2 heterocycles. The molecule has 1 N–H and O–H groups in total. The highest BCUT2D eigenvalue weighted by atomic mass is 127. The molecular formula is C19H36IN7O. The number of aromatic nitrogens is 2. The van der Waals surface area contributed by atoms with Crippen LogP contribution in [0.2, 0.25) is 0 Å². The van der Waals surface area contributed by atoms with Crippen LogP contribution in [-0.4, -0.2) is 84.3 Å². The van der Waals surface area contributed by atoms with E-state index in [4.69, 9.17) is 0 Å². The summed E-state index contributed by atoms with van der Waals surface area (Å²) in [4.78, 5) is 23.3. The third-order valence-electron chi connectivity index (χ3n) is 4.75. The van der Waals surface area contributed by atoms with Gasteiger partial charge < -0.3 is 20.0 Å². The highest BCUT2D eigenvalue weighted by molar-refractivity contribution is 14.0. The van der Waals surface area contributed by atoms with Crippen LogP contribution in [0.5, 0.6) is 0 Å². The van der Waals surface area contributed by atoms with E-state index in [9.17, 15) is 4.79 Å². The molecule has 1 saturated heterocycles. The Bertz CT molecular complexity index is 613. The van der Waals surface area contributed by atoms with Crippen LogP contribution in [0.4, 0.5) is 5.69 Å². The van der Waals surface area contributed by atoms with Crippen LogP contribution in [0.15, 0.2) is 17.4 Å². The van der Waals surface area contributed by atoms with Crippen LogP contribution in [0.25, 0.3) is 0 Å². The van der Waals surface area contributed by atoms with Crippen molar-refractivity contribution in [1.82, 2.24) is 24.9 Å². The fourth-order valence-corrected chi connectivity index (χ4v) is 3.48. The molecule has 1 aromatic rings. The highest BCUT2D eigenvalue weighted by Gasteiger charge is 2.27. The number of rotatable bonds is 9. The van der Waals surface area contributed by atoms with Crippen molar-refractivity contribution in [3.05, 3.63) is 12.4 Å². The third kappa shape index (κ3) is 7.23. The van der Waals surface area contributed by atoms with Gasteiger partial charge in [0.05, 0.1) is 11.9 Å². The van der Waals surface area contributed by atoms with Crippen LogP contribution >= 0.6 is 24.0 Å². The number of carbonyl (C=O) groups excluding carboxylic acids is 1. The summed E-state index contributed by atoms with van der Waals surface area (Å²) in [5.41, 5.74) is 0.858. The minimum Gasteiger partial charge on any atom is -0.356 e. The summed E-state index contributed by atoms with van der Waals surface area (Å²) in [6.45, 7) is 10.5. The van der Waals surface area contributed by atoms with Gasteiger partial charge in [-0.05, 0) is 38.9 Å². The molecule has 0 bridgehead atoms. The summed E-state index contributed by atoms with van der Waals surface area (Å²) in [5.74, 6) is 0.890. The molecule has 160 valence electrons. The van der Waals surface area contributed by atoms with E-state index >= 15 is 0 Å². The number of amides is 1. The predicted molar refractivity (Wildman–Crippen MR) is 126 cm³/mol. The average Bonchev–Trinajstić information content (AvgIpc) is 3.08. The molecule has 2 rings (SSSR count). The topological polar surface area (TPSA) is 69.0 Å². The molecule has 9 heteroatoms. The normalized spacial score (nSPS) is 15.2. The van der Waals surface area contributed by atoms with E-state index in [2.05, 4.69) is 34.2 Å². The Morgan fingerprint density at radius 3 is 2.50 bits per heavy atom. The maximum atomic E-state index is 12.6. The Labute approximate surface area is 186 Å². The zero-order chi connectivity index (χ0) is 19.6. The average molecular weight is 505 g/mol. The number of anilines is 1. The van der Waals surface area contributed by atoms with Gasteiger partial charge in [-0.3, -0.25) is 14.5 Å². The van der Waals surface area contributed by atoms with Crippen molar-refractivity contribution < 1.29 is 4.79 Å². The summed E-state index contributed by atoms with van der Waals surface area (Å²) >= 11 is 0. The van der Waals surface area contributed by atoms with Crippen molar-refractivity contribution >= 4 is 41.5 Å². The number of nitrogens with one attached hydrogen (secondary N) is 1. The number of guanidine groups is 1. The summed E-state index contributed by atoms with van der Waals surface area (Å²) < 4.78 is 1.72. The second kappa shape index (κ2) is 13.0. The quantitative estimate of drug-likeness (QED) is 0.240. The lowest BCUT2D eigenvalue weighted by molar-refractivity contribution is -0.120. The van der Waals surface area contributed by atoms with E-state index < -0.39 is 0 Å². The van der Waals surface area contributed by atoms with Gasteiger partial charge in [0, 0.05) is 39.9 Å². The smallest absolute Gasteiger partial charge is 0.246 e. The number of halogens is 1. The van der Waals surface area contributed by atoms with E-state index in [-0.39, 0.29) is 29.9 Å². The first kappa shape index (κ1) is 24.7. The van der Waals surface area contributed by atoms with Crippen LogP contribution in [-0.2, 0) is 11.8 Å². The van der Waals surface area contributed by atoms with Crippen molar-refractivity contribution in [2.75, 3.05) is 57.8 Å². The Kier molecular flexibility index (Phi) is 11.4. The van der Waals surface area contributed by atoms with Crippen LogP contribution in [0, 0.1) is 0 Å². The molecule has 1 aromatic heterocycles. The first-order valence-corrected chi connectivity index (χ1v) is 10.1. The molecule has 1 amide bonds. The van der Waals surface area contributed by atoms with Crippen molar-refractivity contribution in [1.29, 1.82) is 0 Å². The molecular weight excluding hydrogens is 469 g/mol. The maximum absolute atomic E-state index is 12.6. The highest BCUT2D eigenvalue weighted by Crippen LogP contribution is 2.16. The first-order valence-electron chi connectivity index (χ1n) is 10.1. The molecule has 1 aliphatic heterocycles. The molecule has 1 aliphatic rings. The van der Waals surface area contributed by atoms with Gasteiger partial charge in [0.25, 0.3) is 0 Å². The molecule has 0 spiro atoms. The van der Waals surface area contributed by atoms with E-state index in [0.717, 1.165) is 50.8 Å². The molecule has 0 aliphatic carbocycles. The Morgan fingerprint density at radius 2 is 1.96 bits per heavy atom. The summed E-state index contributed by atoms with van der Waals surface area (Å²) in [6, 6.07) is 0. The monoisotopic (exact) mass is 505 g/mol. The minimum absolute atomic E-state index is 0. The summed E-state index contributed by atoms with van der Waals surface area (Å²) in [5, 5.41) is 7.58. The lowest BCUT2D eigenvalue weighted by atomic mass is 10.3. The molecule has 0 saturated carbocycles. The number of aryl methyl sites for hydroxylation is 1. The zero-order valence-corrected chi connectivity index (χ0v) is 20.1. The lowest BCUT2D eigenvalue weighted by Crippen LogP contribution is -2.55. The molecule has 1 fully saturated rings. The van der Waals surface area contributed by atoms with Gasteiger partial charge in [-0.15, -0.1) is 24.0 Å². The SMILES string of the molecule is CCCN(CCC)CCCNC(=NC)N1CCN(c2cnn(C)c2)C(=O)C1.I. The van der Waals surface area contributed by atoms with Gasteiger partial charge in [0.1, 0.15) is 6.54 Å². The number of hydrogen-bond donors (Lipinski definition) is 1. The van der Waals surface area contributed by atoms with Crippen molar-refractivity contribution in [3.8, 4) is 0 Å².